The van der Waals surface area contributed by atoms with Crippen molar-refractivity contribution in [3.05, 3.63) is 40.0 Å². The van der Waals surface area contributed by atoms with Gasteiger partial charge in [-0.05, 0) is 43.5 Å². The number of aromatic amines is 1. The maximum Gasteiger partial charge on any atom is 0.261 e. The normalized spacial score (nSPS) is 11.4. The molecular weight excluding hydrogens is 306 g/mol. The minimum atomic E-state index is -0.0357. The van der Waals surface area contributed by atoms with Gasteiger partial charge in [-0.15, -0.1) is 11.3 Å². The van der Waals surface area contributed by atoms with Gasteiger partial charge in [-0.2, -0.15) is 0 Å². The average molecular weight is 327 g/mol. The Morgan fingerprint density at radius 3 is 2.43 bits per heavy atom. The quantitative estimate of drug-likeness (QED) is 0.749. The van der Waals surface area contributed by atoms with Crippen LogP contribution in [0, 0.1) is 13.8 Å². The summed E-state index contributed by atoms with van der Waals surface area (Å²) in [7, 11) is 1.66. The van der Waals surface area contributed by atoms with Crippen LogP contribution in [0.4, 0.5) is 0 Å². The minimum Gasteiger partial charge on any atom is -0.354 e. The second kappa shape index (κ2) is 5.81. The van der Waals surface area contributed by atoms with E-state index in [0.717, 1.165) is 33.0 Å². The smallest absolute Gasteiger partial charge is 0.261 e. The van der Waals surface area contributed by atoms with Gasteiger partial charge < -0.3 is 10.3 Å². The largest absolute Gasteiger partial charge is 0.354 e. The van der Waals surface area contributed by atoms with Crippen LogP contribution in [0.1, 0.15) is 46.4 Å². The average Bonchev–Trinajstić information content (AvgIpc) is 3.02. The first kappa shape index (κ1) is 15.7. The monoisotopic (exact) mass is 327 g/mol. The van der Waals surface area contributed by atoms with Crippen molar-refractivity contribution in [1.29, 1.82) is 0 Å². The minimum absolute atomic E-state index is 0.0357. The molecular formula is C18H21N3OS. The zero-order chi connectivity index (χ0) is 16.7. The van der Waals surface area contributed by atoms with Crippen LogP contribution in [0.3, 0.4) is 0 Å². The summed E-state index contributed by atoms with van der Waals surface area (Å²) in [5.74, 6) is 0.329. The lowest BCUT2D eigenvalue weighted by Gasteiger charge is -2.09. The van der Waals surface area contributed by atoms with Crippen molar-refractivity contribution < 1.29 is 4.79 Å². The van der Waals surface area contributed by atoms with Gasteiger partial charge >= 0.3 is 0 Å². The Hall–Kier alpha value is -2.14. The molecule has 0 aliphatic heterocycles. The van der Waals surface area contributed by atoms with E-state index in [1.807, 2.05) is 19.9 Å². The fraction of sp³-hybridized carbons (Fsp3) is 0.333. The van der Waals surface area contributed by atoms with Gasteiger partial charge in [-0.3, -0.25) is 9.78 Å². The molecule has 0 fully saturated rings. The first-order chi connectivity index (χ1) is 10.9. The SMILES string of the molecule is CNC(=O)c1cc2[nH]c(-c3cc(C)nc(C)c3)c(C(C)C)c2s1. The van der Waals surface area contributed by atoms with Crippen LogP contribution < -0.4 is 5.32 Å². The van der Waals surface area contributed by atoms with Gasteiger partial charge in [-0.25, -0.2) is 0 Å². The van der Waals surface area contributed by atoms with Crippen molar-refractivity contribution in [1.82, 2.24) is 15.3 Å². The van der Waals surface area contributed by atoms with Crippen LogP contribution in [0.5, 0.6) is 0 Å². The Morgan fingerprint density at radius 1 is 1.22 bits per heavy atom. The van der Waals surface area contributed by atoms with E-state index < -0.39 is 0 Å². The number of amides is 1. The molecule has 5 heteroatoms. The zero-order valence-electron chi connectivity index (χ0n) is 14.1. The lowest BCUT2D eigenvalue weighted by molar-refractivity contribution is 0.0967. The number of aryl methyl sites for hydroxylation is 2. The lowest BCUT2D eigenvalue weighted by Crippen LogP contribution is -2.16. The van der Waals surface area contributed by atoms with Crippen molar-refractivity contribution >= 4 is 27.5 Å². The number of carbonyl (C=O) groups excluding carboxylic acids is 1. The molecule has 3 aromatic heterocycles. The Kier molecular flexibility index (Phi) is 3.98. The van der Waals surface area contributed by atoms with E-state index in [2.05, 4.69) is 41.3 Å². The molecule has 3 rings (SSSR count). The molecule has 0 spiro atoms. The molecule has 1 amide bonds. The van der Waals surface area contributed by atoms with E-state index >= 15 is 0 Å². The van der Waals surface area contributed by atoms with Crippen LogP contribution in [-0.2, 0) is 0 Å². The molecule has 0 saturated heterocycles. The predicted octanol–water partition coefficient (Wildman–Crippen LogP) is 4.39. The summed E-state index contributed by atoms with van der Waals surface area (Å²) in [5, 5.41) is 2.69. The molecule has 0 bridgehead atoms. The van der Waals surface area contributed by atoms with Gasteiger partial charge in [0.1, 0.15) is 0 Å². The van der Waals surface area contributed by atoms with Crippen LogP contribution in [-0.4, -0.2) is 22.9 Å². The summed E-state index contributed by atoms with van der Waals surface area (Å²) in [5.41, 5.74) is 6.61. The third kappa shape index (κ3) is 2.77. The number of rotatable bonds is 3. The molecule has 0 aliphatic rings. The van der Waals surface area contributed by atoms with E-state index in [0.29, 0.717) is 5.92 Å². The number of nitrogens with one attached hydrogen (secondary N) is 2. The highest BCUT2D eigenvalue weighted by molar-refractivity contribution is 7.21. The second-order valence-corrected chi connectivity index (χ2v) is 7.19. The highest BCUT2D eigenvalue weighted by atomic mass is 32.1. The predicted molar refractivity (Wildman–Crippen MR) is 96.4 cm³/mol. The molecule has 0 atom stereocenters. The standard InChI is InChI=1S/C18H21N3OS/c1-9(2)15-16(12-6-10(3)20-11(4)7-12)21-13-8-14(18(22)19-5)23-17(13)15/h6-9,21H,1-5H3,(H,19,22). The molecule has 3 aromatic rings. The fourth-order valence-corrected chi connectivity index (χ4v) is 4.25. The summed E-state index contributed by atoms with van der Waals surface area (Å²) in [6, 6.07) is 6.15. The number of nitrogens with zero attached hydrogens (tertiary/aromatic N) is 1. The molecule has 0 aliphatic carbocycles. The van der Waals surface area contributed by atoms with E-state index in [1.54, 1.807) is 18.4 Å². The van der Waals surface area contributed by atoms with Gasteiger partial charge in [0, 0.05) is 24.0 Å². The lowest BCUT2D eigenvalue weighted by atomic mass is 9.99. The third-order valence-corrected chi connectivity index (χ3v) is 5.07. The maximum absolute atomic E-state index is 11.9. The number of thiophene rings is 1. The Labute approximate surface area is 140 Å². The van der Waals surface area contributed by atoms with Gasteiger partial charge in [0.05, 0.1) is 20.8 Å². The summed E-state index contributed by atoms with van der Waals surface area (Å²) in [6.07, 6.45) is 0. The topological polar surface area (TPSA) is 57.8 Å². The van der Waals surface area contributed by atoms with Crippen molar-refractivity contribution in [2.24, 2.45) is 0 Å². The maximum atomic E-state index is 11.9. The molecule has 0 radical (unpaired) electrons. The van der Waals surface area contributed by atoms with E-state index in [-0.39, 0.29) is 5.91 Å². The number of pyridine rings is 1. The van der Waals surface area contributed by atoms with Gasteiger partial charge in [-0.1, -0.05) is 13.8 Å². The van der Waals surface area contributed by atoms with Crippen molar-refractivity contribution in [2.75, 3.05) is 7.05 Å². The zero-order valence-corrected chi connectivity index (χ0v) is 14.9. The van der Waals surface area contributed by atoms with E-state index in [1.165, 1.54) is 10.3 Å². The summed E-state index contributed by atoms with van der Waals surface area (Å²) >= 11 is 1.55. The summed E-state index contributed by atoms with van der Waals surface area (Å²) in [6.45, 7) is 8.40. The van der Waals surface area contributed by atoms with Crippen molar-refractivity contribution in [2.45, 2.75) is 33.6 Å². The number of fused-ring (bicyclic) bond motifs is 1. The first-order valence-electron chi connectivity index (χ1n) is 7.74. The Balaban J connectivity index is 2.23. The highest BCUT2D eigenvalue weighted by Crippen LogP contribution is 2.40. The summed E-state index contributed by atoms with van der Waals surface area (Å²) < 4.78 is 1.17. The molecule has 0 saturated carbocycles. The number of hydrogen-bond acceptors (Lipinski definition) is 3. The molecule has 3 heterocycles. The second-order valence-electron chi connectivity index (χ2n) is 6.14. The van der Waals surface area contributed by atoms with Crippen molar-refractivity contribution in [3.8, 4) is 11.3 Å². The van der Waals surface area contributed by atoms with Gasteiger partial charge in [0.25, 0.3) is 5.91 Å². The Bertz CT molecular complexity index is 869. The molecule has 0 unspecified atom stereocenters. The first-order valence-corrected chi connectivity index (χ1v) is 8.55. The van der Waals surface area contributed by atoms with Crippen LogP contribution in [0.15, 0.2) is 18.2 Å². The number of carbonyl (C=O) groups is 1. The molecule has 23 heavy (non-hydrogen) atoms. The van der Waals surface area contributed by atoms with Gasteiger partial charge in [0.15, 0.2) is 0 Å². The van der Waals surface area contributed by atoms with Crippen molar-refractivity contribution in [3.63, 3.8) is 0 Å². The third-order valence-electron chi connectivity index (χ3n) is 3.90. The molecule has 0 aromatic carbocycles. The number of hydrogen-bond donors (Lipinski definition) is 2. The molecule has 4 nitrogen and oxygen atoms in total. The molecule has 120 valence electrons. The van der Waals surface area contributed by atoms with Gasteiger partial charge in [0.2, 0.25) is 0 Å². The highest BCUT2D eigenvalue weighted by Gasteiger charge is 2.20. The van der Waals surface area contributed by atoms with Crippen LogP contribution in [0.25, 0.3) is 21.5 Å². The van der Waals surface area contributed by atoms with Crippen LogP contribution >= 0.6 is 11.3 Å². The van der Waals surface area contributed by atoms with E-state index in [4.69, 9.17) is 0 Å². The van der Waals surface area contributed by atoms with Crippen LogP contribution in [0.2, 0.25) is 0 Å². The van der Waals surface area contributed by atoms with E-state index in [9.17, 15) is 4.79 Å². The summed E-state index contributed by atoms with van der Waals surface area (Å²) in [4.78, 5) is 20.6. The number of H-pyrrole nitrogens is 1. The number of aromatic nitrogens is 2. The molecule has 2 N–H and O–H groups in total. The fourth-order valence-electron chi connectivity index (χ4n) is 2.99. The Morgan fingerprint density at radius 2 is 1.87 bits per heavy atom.